The fraction of sp³-hybridized carbons (Fsp3) is 0.333. The molecule has 8 heteroatoms. The Hall–Kier alpha value is -3.29. The number of guanidine groups is 1. The van der Waals surface area contributed by atoms with Crippen LogP contribution in [-0.2, 0) is 25.6 Å². The molecule has 5 nitrogen and oxygen atoms in total. The van der Waals surface area contributed by atoms with Crippen LogP contribution >= 0.6 is 0 Å². The summed E-state index contributed by atoms with van der Waals surface area (Å²) in [6.45, 7) is 4.61. The first-order valence-corrected chi connectivity index (χ1v) is 10.7. The third-order valence-corrected chi connectivity index (χ3v) is 4.93. The molecule has 0 spiro atoms. The van der Waals surface area contributed by atoms with E-state index in [0.29, 0.717) is 31.9 Å². The van der Waals surface area contributed by atoms with Gasteiger partial charge >= 0.3 is 6.18 Å². The molecule has 0 fully saturated rings. The molecule has 0 aliphatic rings. The van der Waals surface area contributed by atoms with Gasteiger partial charge in [0.05, 0.1) is 5.56 Å². The summed E-state index contributed by atoms with van der Waals surface area (Å²) in [4.78, 5) is 9.06. The van der Waals surface area contributed by atoms with Crippen molar-refractivity contribution in [2.24, 2.45) is 4.99 Å². The van der Waals surface area contributed by atoms with E-state index in [1.165, 1.54) is 17.7 Å². The normalized spacial score (nSPS) is 12.1. The van der Waals surface area contributed by atoms with Gasteiger partial charge in [0.25, 0.3) is 0 Å². The summed E-state index contributed by atoms with van der Waals surface area (Å²) in [6, 6.07) is 15.5. The number of nitrogens with one attached hydrogen (secondary N) is 2. The first-order valence-electron chi connectivity index (χ1n) is 10.7. The smallest absolute Gasteiger partial charge is 0.357 e. The molecular weight excluding hydrogens is 415 g/mol. The minimum atomic E-state index is -4.31. The summed E-state index contributed by atoms with van der Waals surface area (Å²) >= 11 is 0. The molecule has 0 radical (unpaired) electrons. The van der Waals surface area contributed by atoms with Crippen molar-refractivity contribution in [1.29, 1.82) is 0 Å². The second-order valence-corrected chi connectivity index (χ2v) is 7.34. The van der Waals surface area contributed by atoms with E-state index in [-0.39, 0.29) is 0 Å². The molecule has 0 unspecified atom stereocenters. The molecule has 0 amide bonds. The fourth-order valence-electron chi connectivity index (χ4n) is 3.29. The minimum absolute atomic E-state index is 0.569. The van der Waals surface area contributed by atoms with Gasteiger partial charge in [-0.25, -0.2) is 4.98 Å². The van der Waals surface area contributed by atoms with Crippen LogP contribution in [0.3, 0.4) is 0 Å². The number of nitrogens with zero attached hydrogens (tertiary/aromatic N) is 3. The van der Waals surface area contributed by atoms with Gasteiger partial charge < -0.3 is 15.2 Å². The number of benzene rings is 2. The molecule has 3 rings (SSSR count). The van der Waals surface area contributed by atoms with Crippen LogP contribution in [0.5, 0.6) is 0 Å². The average Bonchev–Trinajstić information content (AvgIpc) is 3.21. The largest absolute Gasteiger partial charge is 0.416 e. The van der Waals surface area contributed by atoms with Crippen molar-refractivity contribution in [2.45, 2.75) is 32.5 Å². The molecule has 1 aromatic heterocycles. The van der Waals surface area contributed by atoms with Crippen molar-refractivity contribution in [3.8, 4) is 0 Å². The fourth-order valence-corrected chi connectivity index (χ4v) is 3.29. The highest BCUT2D eigenvalue weighted by Crippen LogP contribution is 2.29. The maximum atomic E-state index is 12.7. The van der Waals surface area contributed by atoms with Crippen LogP contribution in [0.4, 0.5) is 13.2 Å². The van der Waals surface area contributed by atoms with Gasteiger partial charge in [-0.2, -0.15) is 13.2 Å². The zero-order valence-electron chi connectivity index (χ0n) is 18.1. The SMILES string of the molecule is CCNC(=NCCc1nccn1Cc1ccccc1)NCCc1ccc(C(F)(F)F)cc1. The Bertz CT molecular complexity index is 979. The third-order valence-electron chi connectivity index (χ3n) is 4.93. The number of alkyl halides is 3. The summed E-state index contributed by atoms with van der Waals surface area (Å²) in [7, 11) is 0. The van der Waals surface area contributed by atoms with E-state index in [0.717, 1.165) is 36.6 Å². The lowest BCUT2D eigenvalue weighted by Gasteiger charge is -2.12. The van der Waals surface area contributed by atoms with Gasteiger partial charge in [0.1, 0.15) is 5.82 Å². The standard InChI is InChI=1S/C24H28F3N5/c1-2-28-23(30-14-12-19-8-10-21(11-9-19)24(25,26)27)31-15-13-22-29-16-17-32(22)18-20-6-4-3-5-7-20/h3-11,16-17H,2,12-15,18H2,1H3,(H2,28,30,31). The van der Waals surface area contributed by atoms with Gasteiger partial charge in [-0.15, -0.1) is 0 Å². The predicted octanol–water partition coefficient (Wildman–Crippen LogP) is 4.29. The molecule has 3 aromatic rings. The number of rotatable bonds is 9. The van der Waals surface area contributed by atoms with Crippen molar-refractivity contribution < 1.29 is 13.2 Å². The number of imidazole rings is 1. The van der Waals surface area contributed by atoms with Crippen LogP contribution in [-0.4, -0.2) is 35.1 Å². The van der Waals surface area contributed by atoms with Crippen molar-refractivity contribution in [2.75, 3.05) is 19.6 Å². The number of hydrogen-bond donors (Lipinski definition) is 2. The lowest BCUT2D eigenvalue weighted by molar-refractivity contribution is -0.137. The topological polar surface area (TPSA) is 54.2 Å². The summed E-state index contributed by atoms with van der Waals surface area (Å²) < 4.78 is 40.1. The molecular formula is C24H28F3N5. The van der Waals surface area contributed by atoms with E-state index in [4.69, 9.17) is 0 Å². The molecule has 0 saturated heterocycles. The van der Waals surface area contributed by atoms with Gasteiger partial charge in [0, 0.05) is 45.0 Å². The summed E-state index contributed by atoms with van der Waals surface area (Å²) in [6.07, 6.45) is 0.770. The van der Waals surface area contributed by atoms with Crippen LogP contribution in [0.15, 0.2) is 72.0 Å². The summed E-state index contributed by atoms with van der Waals surface area (Å²) in [5.74, 6) is 1.65. The molecule has 2 aromatic carbocycles. The molecule has 0 atom stereocenters. The lowest BCUT2D eigenvalue weighted by atomic mass is 10.1. The quantitative estimate of drug-likeness (QED) is 0.383. The Labute approximate surface area is 186 Å². The van der Waals surface area contributed by atoms with E-state index in [1.807, 2.05) is 31.3 Å². The minimum Gasteiger partial charge on any atom is -0.357 e. The molecule has 0 aliphatic carbocycles. The maximum Gasteiger partial charge on any atom is 0.416 e. The lowest BCUT2D eigenvalue weighted by Crippen LogP contribution is -2.38. The van der Waals surface area contributed by atoms with E-state index in [2.05, 4.69) is 37.3 Å². The number of hydrogen-bond acceptors (Lipinski definition) is 2. The van der Waals surface area contributed by atoms with E-state index >= 15 is 0 Å². The van der Waals surface area contributed by atoms with Crippen LogP contribution in [0.1, 0.15) is 29.4 Å². The molecule has 1 heterocycles. The van der Waals surface area contributed by atoms with Crippen LogP contribution in [0, 0.1) is 0 Å². The highest BCUT2D eigenvalue weighted by molar-refractivity contribution is 5.79. The van der Waals surface area contributed by atoms with Gasteiger partial charge in [0.2, 0.25) is 0 Å². The van der Waals surface area contributed by atoms with Crippen molar-refractivity contribution in [3.05, 3.63) is 89.5 Å². The van der Waals surface area contributed by atoms with Crippen LogP contribution in [0.25, 0.3) is 0 Å². The first kappa shape index (κ1) is 23.4. The van der Waals surface area contributed by atoms with Gasteiger partial charge in [0.15, 0.2) is 5.96 Å². The Balaban J connectivity index is 1.50. The zero-order chi connectivity index (χ0) is 22.8. The Kier molecular flexibility index (Phi) is 8.30. The molecule has 0 aliphatic heterocycles. The summed E-state index contributed by atoms with van der Waals surface area (Å²) in [5.41, 5.74) is 1.42. The summed E-state index contributed by atoms with van der Waals surface area (Å²) in [5, 5.41) is 6.43. The van der Waals surface area contributed by atoms with Gasteiger partial charge in [-0.05, 0) is 36.6 Å². The number of aromatic nitrogens is 2. The Morgan fingerprint density at radius 2 is 1.72 bits per heavy atom. The van der Waals surface area contributed by atoms with Crippen molar-refractivity contribution in [1.82, 2.24) is 20.2 Å². The number of aliphatic imine (C=N–C) groups is 1. The zero-order valence-corrected chi connectivity index (χ0v) is 18.1. The predicted molar refractivity (Wildman–Crippen MR) is 121 cm³/mol. The highest BCUT2D eigenvalue weighted by atomic mass is 19.4. The van der Waals surface area contributed by atoms with Crippen molar-refractivity contribution in [3.63, 3.8) is 0 Å². The molecule has 32 heavy (non-hydrogen) atoms. The molecule has 0 bridgehead atoms. The first-order chi connectivity index (χ1) is 15.5. The molecule has 2 N–H and O–H groups in total. The third kappa shape index (κ3) is 7.14. The van der Waals surface area contributed by atoms with Crippen LogP contribution < -0.4 is 10.6 Å². The molecule has 170 valence electrons. The van der Waals surface area contributed by atoms with Crippen molar-refractivity contribution >= 4 is 5.96 Å². The Morgan fingerprint density at radius 3 is 2.41 bits per heavy atom. The monoisotopic (exact) mass is 443 g/mol. The van der Waals surface area contributed by atoms with Crippen LogP contribution in [0.2, 0.25) is 0 Å². The highest BCUT2D eigenvalue weighted by Gasteiger charge is 2.29. The second kappa shape index (κ2) is 11.4. The van der Waals surface area contributed by atoms with E-state index < -0.39 is 11.7 Å². The van der Waals surface area contributed by atoms with E-state index in [1.54, 1.807) is 6.20 Å². The van der Waals surface area contributed by atoms with Gasteiger partial charge in [-0.1, -0.05) is 42.5 Å². The second-order valence-electron chi connectivity index (χ2n) is 7.34. The van der Waals surface area contributed by atoms with E-state index in [9.17, 15) is 13.2 Å². The maximum absolute atomic E-state index is 12.7. The average molecular weight is 444 g/mol. The number of halogens is 3. The Morgan fingerprint density at radius 1 is 0.969 bits per heavy atom. The molecule has 0 saturated carbocycles. The van der Waals surface area contributed by atoms with Gasteiger partial charge in [-0.3, -0.25) is 4.99 Å².